The van der Waals surface area contributed by atoms with Crippen molar-refractivity contribution in [2.24, 2.45) is 0 Å². The molecule has 0 saturated carbocycles. The largest absolute Gasteiger partial charge is 0.399 e. The number of rotatable bonds is 3. The Morgan fingerprint density at radius 3 is 2.44 bits per heavy atom. The molecule has 0 radical (unpaired) electrons. The second-order valence-electron chi connectivity index (χ2n) is 4.87. The molecule has 1 aromatic carbocycles. The van der Waals surface area contributed by atoms with Gasteiger partial charge in [0, 0.05) is 35.8 Å². The number of fused-ring (bicyclic) bond motifs is 2. The summed E-state index contributed by atoms with van der Waals surface area (Å²) in [5.74, 6) is 0. The highest BCUT2D eigenvalue weighted by Gasteiger charge is 2.37. The van der Waals surface area contributed by atoms with Crippen molar-refractivity contribution < 1.29 is 0 Å². The molecule has 3 aliphatic rings. The van der Waals surface area contributed by atoms with Crippen molar-refractivity contribution in [1.29, 1.82) is 0 Å². The fourth-order valence-corrected chi connectivity index (χ4v) is 4.06. The molecule has 0 aromatic heterocycles. The Kier molecular flexibility index (Phi) is 2.82. The number of anilines is 1. The van der Waals surface area contributed by atoms with Crippen molar-refractivity contribution in [3.8, 4) is 0 Å². The van der Waals surface area contributed by atoms with Crippen LogP contribution in [0.5, 0.6) is 0 Å². The number of nitrogen functional groups attached to an aromatic ring is 1. The number of hydrogen-bond donors (Lipinski definition) is 1. The summed E-state index contributed by atoms with van der Waals surface area (Å²) in [4.78, 5) is 2.62. The maximum Gasteiger partial charge on any atom is 0.0314 e. The zero-order chi connectivity index (χ0) is 11.0. The molecule has 3 aliphatic heterocycles. The zero-order valence-corrected chi connectivity index (χ0v) is 10.2. The summed E-state index contributed by atoms with van der Waals surface area (Å²) in [5.41, 5.74) is 7.94. The minimum absolute atomic E-state index is 0.861. The first-order chi connectivity index (χ1) is 7.79. The minimum Gasteiger partial charge on any atom is -0.399 e. The normalized spacial score (nSPS) is 28.8. The molecule has 2 nitrogen and oxygen atoms in total. The Labute approximate surface area is 101 Å². The summed E-state index contributed by atoms with van der Waals surface area (Å²) in [6.45, 7) is 3.81. The quantitative estimate of drug-likeness (QED) is 0.811. The predicted octanol–water partition coefficient (Wildman–Crippen LogP) is 2.00. The van der Waals surface area contributed by atoms with Gasteiger partial charge in [-0.25, -0.2) is 0 Å². The molecule has 2 atom stereocenters. The number of hydrogen-bond acceptors (Lipinski definition) is 3. The van der Waals surface area contributed by atoms with Gasteiger partial charge in [-0.15, -0.1) is 0 Å². The second kappa shape index (κ2) is 4.30. The van der Waals surface area contributed by atoms with Gasteiger partial charge in [0.25, 0.3) is 0 Å². The van der Waals surface area contributed by atoms with E-state index >= 15 is 0 Å². The molecular weight excluding hydrogens is 216 g/mol. The Morgan fingerprint density at radius 1 is 1.19 bits per heavy atom. The van der Waals surface area contributed by atoms with Gasteiger partial charge in [0.2, 0.25) is 0 Å². The lowest BCUT2D eigenvalue weighted by molar-refractivity contribution is 0.225. The molecule has 2 bridgehead atoms. The maximum absolute atomic E-state index is 5.68. The molecule has 3 heteroatoms. The van der Waals surface area contributed by atoms with Crippen LogP contribution < -0.4 is 5.73 Å². The topological polar surface area (TPSA) is 29.3 Å². The summed E-state index contributed by atoms with van der Waals surface area (Å²) < 4.78 is 0. The van der Waals surface area contributed by atoms with E-state index in [1.54, 1.807) is 0 Å². The van der Waals surface area contributed by atoms with Crippen LogP contribution in [0, 0.1) is 0 Å². The Balaban J connectivity index is 1.51. The van der Waals surface area contributed by atoms with E-state index in [-0.39, 0.29) is 0 Å². The van der Waals surface area contributed by atoms with Gasteiger partial charge in [-0.05, 0) is 30.5 Å². The van der Waals surface area contributed by atoms with E-state index in [9.17, 15) is 0 Å². The first kappa shape index (κ1) is 10.5. The monoisotopic (exact) mass is 234 g/mol. The van der Waals surface area contributed by atoms with Gasteiger partial charge in [-0.2, -0.15) is 11.8 Å². The molecule has 0 aliphatic carbocycles. The fraction of sp³-hybridized carbons (Fsp3) is 0.538. The first-order valence-electron chi connectivity index (χ1n) is 6.02. The van der Waals surface area contributed by atoms with Crippen LogP contribution in [-0.2, 0) is 6.42 Å². The van der Waals surface area contributed by atoms with Gasteiger partial charge >= 0.3 is 0 Å². The van der Waals surface area contributed by atoms with E-state index in [4.69, 9.17) is 5.73 Å². The molecule has 1 aromatic rings. The van der Waals surface area contributed by atoms with Crippen molar-refractivity contribution in [2.45, 2.75) is 23.3 Å². The first-order valence-corrected chi connectivity index (χ1v) is 6.96. The molecule has 2 unspecified atom stereocenters. The third kappa shape index (κ3) is 2.20. The van der Waals surface area contributed by atoms with E-state index in [1.807, 2.05) is 12.1 Å². The molecule has 2 N–H and O–H groups in total. The molecule has 0 amide bonds. The van der Waals surface area contributed by atoms with Crippen molar-refractivity contribution in [1.82, 2.24) is 4.90 Å². The SMILES string of the molecule is Nc1ccc(CCN2CC3CC(C2)S3)cc1. The molecule has 86 valence electrons. The third-order valence-electron chi connectivity index (χ3n) is 3.53. The number of nitrogens with zero attached hydrogens (tertiary/aromatic N) is 1. The van der Waals surface area contributed by atoms with Gasteiger partial charge in [-0.3, -0.25) is 0 Å². The average molecular weight is 234 g/mol. The van der Waals surface area contributed by atoms with Gasteiger partial charge in [0.05, 0.1) is 0 Å². The van der Waals surface area contributed by atoms with Gasteiger partial charge in [-0.1, -0.05) is 12.1 Å². The van der Waals surface area contributed by atoms with E-state index in [0.717, 1.165) is 22.6 Å². The smallest absolute Gasteiger partial charge is 0.0314 e. The summed E-state index contributed by atoms with van der Waals surface area (Å²) in [6.07, 6.45) is 2.62. The summed E-state index contributed by atoms with van der Waals surface area (Å²) in [7, 11) is 0. The molecular formula is C13H18N2S. The van der Waals surface area contributed by atoms with Crippen molar-refractivity contribution in [3.05, 3.63) is 29.8 Å². The van der Waals surface area contributed by atoms with Gasteiger partial charge < -0.3 is 10.6 Å². The van der Waals surface area contributed by atoms with Crippen LogP contribution >= 0.6 is 11.8 Å². The lowest BCUT2D eigenvalue weighted by Gasteiger charge is -2.46. The zero-order valence-electron chi connectivity index (χ0n) is 9.43. The predicted molar refractivity (Wildman–Crippen MR) is 70.8 cm³/mol. The van der Waals surface area contributed by atoms with Crippen LogP contribution in [0.2, 0.25) is 0 Å². The second-order valence-corrected chi connectivity index (χ2v) is 6.47. The van der Waals surface area contributed by atoms with Crippen LogP contribution in [0.15, 0.2) is 24.3 Å². The van der Waals surface area contributed by atoms with E-state index in [0.29, 0.717) is 0 Å². The standard InChI is InChI=1S/C13H18N2S/c14-11-3-1-10(2-4-11)5-6-15-8-12-7-13(9-15)16-12/h1-4,12-13H,5-9,14H2. The third-order valence-corrected chi connectivity index (χ3v) is 4.98. The van der Waals surface area contributed by atoms with Gasteiger partial charge in [0.15, 0.2) is 0 Å². The average Bonchev–Trinajstić information content (AvgIpc) is 2.28. The highest BCUT2D eigenvalue weighted by atomic mass is 32.2. The van der Waals surface area contributed by atoms with Crippen molar-refractivity contribution >= 4 is 17.4 Å². The number of thioether (sulfide) groups is 1. The molecule has 16 heavy (non-hydrogen) atoms. The summed E-state index contributed by atoms with van der Waals surface area (Å²) >= 11 is 2.18. The van der Waals surface area contributed by atoms with Crippen LogP contribution in [0.25, 0.3) is 0 Å². The lowest BCUT2D eigenvalue weighted by Crippen LogP contribution is -2.51. The highest BCUT2D eigenvalue weighted by molar-refractivity contribution is 8.02. The number of nitrogens with two attached hydrogens (primary N) is 1. The Hall–Kier alpha value is -0.670. The van der Waals surface area contributed by atoms with Crippen molar-refractivity contribution in [3.63, 3.8) is 0 Å². The van der Waals surface area contributed by atoms with Crippen LogP contribution in [0.1, 0.15) is 12.0 Å². The molecule has 0 spiro atoms. The lowest BCUT2D eigenvalue weighted by atomic mass is 10.1. The van der Waals surface area contributed by atoms with Crippen molar-refractivity contribution in [2.75, 3.05) is 25.4 Å². The fourth-order valence-electron chi connectivity index (χ4n) is 2.59. The summed E-state index contributed by atoms with van der Waals surface area (Å²) in [6, 6.07) is 8.29. The van der Waals surface area contributed by atoms with E-state index < -0.39 is 0 Å². The number of benzene rings is 1. The van der Waals surface area contributed by atoms with Crippen LogP contribution in [-0.4, -0.2) is 35.0 Å². The Morgan fingerprint density at radius 2 is 1.81 bits per heavy atom. The number of piperidine rings is 1. The summed E-state index contributed by atoms with van der Waals surface area (Å²) in [5, 5.41) is 1.87. The van der Waals surface area contributed by atoms with Crippen LogP contribution in [0.4, 0.5) is 5.69 Å². The maximum atomic E-state index is 5.68. The molecule has 4 rings (SSSR count). The van der Waals surface area contributed by atoms with E-state index in [2.05, 4.69) is 28.8 Å². The molecule has 3 saturated heterocycles. The molecule has 3 fully saturated rings. The van der Waals surface area contributed by atoms with Crippen LogP contribution in [0.3, 0.4) is 0 Å². The Bertz CT molecular complexity index is 347. The van der Waals surface area contributed by atoms with Gasteiger partial charge in [0.1, 0.15) is 0 Å². The highest BCUT2D eigenvalue weighted by Crippen LogP contribution is 2.41. The minimum atomic E-state index is 0.861. The molecule has 3 heterocycles. The van der Waals surface area contributed by atoms with E-state index in [1.165, 1.54) is 31.6 Å².